The van der Waals surface area contributed by atoms with Gasteiger partial charge in [-0.15, -0.1) is 9.05 Å². The average molecular weight is 904 g/mol. The van der Waals surface area contributed by atoms with E-state index in [0.717, 1.165) is 85.3 Å². The van der Waals surface area contributed by atoms with Crippen LogP contribution in [0.4, 0.5) is 11.6 Å². The highest BCUT2D eigenvalue weighted by atomic mass is 31.1. The van der Waals surface area contributed by atoms with Gasteiger partial charge in [0.15, 0.2) is 0 Å². The Hall–Kier alpha value is -4.80. The van der Waals surface area contributed by atoms with Gasteiger partial charge in [0.2, 0.25) is 11.8 Å². The first kappa shape index (κ1) is 48.7. The van der Waals surface area contributed by atoms with E-state index in [4.69, 9.17) is 30.0 Å². The fourth-order valence-electron chi connectivity index (χ4n) is 8.46. The van der Waals surface area contributed by atoms with Crippen LogP contribution in [0, 0.1) is 22.7 Å². The molecule has 2 unspecified atom stereocenters. The number of hydrogen-bond donors (Lipinski definition) is 4. The van der Waals surface area contributed by atoms with Gasteiger partial charge in [-0.25, -0.2) is 19.9 Å². The zero-order valence-electron chi connectivity index (χ0n) is 38.7. The van der Waals surface area contributed by atoms with Gasteiger partial charge in [0, 0.05) is 54.6 Å². The number of nitrogens with one attached hydrogen (secondary N) is 2. The molecule has 2 aliphatic rings. The highest BCUT2D eigenvalue weighted by Crippen LogP contribution is 2.38. The zero-order chi connectivity index (χ0) is 46.2. The van der Waals surface area contributed by atoms with Gasteiger partial charge >= 0.3 is 8.25 Å². The third-order valence-corrected chi connectivity index (χ3v) is 13.5. The Balaban J connectivity index is 1.13. The standard InChI is InChI=1S/C46H67N10O7P/c1-45(2,3)39(47)43(57)49-25-31(23-29-15-19-55(20-16-29)41-33-11-9-13-35(60-7)37(33)51-27-53-41)62-64(59)63-32(26-50-44(58)40(48)46(4,5)6)24-30-17-21-56(22-18-30)42-34-12-10-14-36(61-8)38(34)52-28-54-42/h9-14,27-32,39-40H,15-26,47-48H2,1-8H3,(H-,49,50,57,58)/p+1/t31?,32?,39-,40-/m1/s1. The second kappa shape index (κ2) is 21.5. The molecule has 2 saturated heterocycles. The van der Waals surface area contributed by atoms with E-state index < -0.39 is 43.4 Å². The molecule has 4 heterocycles. The zero-order valence-corrected chi connectivity index (χ0v) is 39.6. The fraction of sp³-hybridized carbons (Fsp3) is 0.609. The highest BCUT2D eigenvalue weighted by Gasteiger charge is 2.38. The first-order chi connectivity index (χ1) is 30.5. The van der Waals surface area contributed by atoms with Crippen molar-refractivity contribution in [3.05, 3.63) is 49.1 Å². The number of aromatic nitrogens is 4. The van der Waals surface area contributed by atoms with E-state index in [1.807, 2.05) is 77.9 Å². The molecule has 0 saturated carbocycles. The molecule has 0 aliphatic carbocycles. The van der Waals surface area contributed by atoms with Crippen LogP contribution < -0.4 is 41.4 Å². The summed E-state index contributed by atoms with van der Waals surface area (Å²) in [5, 5.41) is 7.78. The summed E-state index contributed by atoms with van der Waals surface area (Å²) in [6.07, 6.45) is 6.23. The number of nitrogens with zero attached hydrogens (tertiary/aromatic N) is 6. The summed E-state index contributed by atoms with van der Waals surface area (Å²) in [5.41, 5.74) is 13.2. The third kappa shape index (κ3) is 12.3. The minimum Gasteiger partial charge on any atom is -0.494 e. The van der Waals surface area contributed by atoms with Gasteiger partial charge in [0.25, 0.3) is 0 Å². The third-order valence-electron chi connectivity index (χ3n) is 12.6. The van der Waals surface area contributed by atoms with Crippen molar-refractivity contribution in [1.29, 1.82) is 0 Å². The quantitative estimate of drug-likeness (QED) is 0.0853. The largest absolute Gasteiger partial charge is 0.698 e. The molecule has 17 nitrogen and oxygen atoms in total. The van der Waals surface area contributed by atoms with Crippen LogP contribution in [0.25, 0.3) is 21.8 Å². The number of ether oxygens (including phenoxy) is 2. The van der Waals surface area contributed by atoms with Crippen molar-refractivity contribution in [1.82, 2.24) is 30.6 Å². The Morgan fingerprint density at radius 3 is 1.39 bits per heavy atom. The molecule has 6 rings (SSSR count). The molecule has 4 atom stereocenters. The topological polar surface area (TPSA) is 222 Å². The first-order valence-corrected chi connectivity index (χ1v) is 23.5. The summed E-state index contributed by atoms with van der Waals surface area (Å²) < 4.78 is 37.6. The SMILES string of the molecule is COc1cccc2c(N3CCC(CC(CNC(=O)[C@@H](N)C(C)(C)C)O[P+](=O)OC(CNC(=O)[C@@H](N)C(C)(C)C)CC4CCN(c5ncnc6c(OC)cccc56)CC4)CC3)ncnc12. The Labute approximate surface area is 378 Å². The Kier molecular flexibility index (Phi) is 16.3. The molecule has 2 aliphatic heterocycles. The van der Waals surface area contributed by atoms with Crippen LogP contribution in [0.3, 0.4) is 0 Å². The summed E-state index contributed by atoms with van der Waals surface area (Å²) in [4.78, 5) is 49.2. The Morgan fingerprint density at radius 2 is 1.05 bits per heavy atom. The maximum atomic E-state index is 14.0. The van der Waals surface area contributed by atoms with Crippen molar-refractivity contribution in [2.24, 2.45) is 34.1 Å². The molecular formula is C46H68N10O7P+. The van der Waals surface area contributed by atoms with Crippen molar-refractivity contribution in [3.63, 3.8) is 0 Å². The van der Waals surface area contributed by atoms with Gasteiger partial charge in [0.1, 0.15) is 59.0 Å². The maximum Gasteiger partial charge on any atom is 0.698 e. The van der Waals surface area contributed by atoms with Gasteiger partial charge in [-0.05, 0) is 85.5 Å². The number of para-hydroxylation sites is 2. The lowest BCUT2D eigenvalue weighted by Gasteiger charge is -2.34. The minimum absolute atomic E-state index is 0.105. The van der Waals surface area contributed by atoms with Crippen molar-refractivity contribution >= 4 is 53.5 Å². The monoisotopic (exact) mass is 904 g/mol. The molecule has 2 aromatic heterocycles. The Morgan fingerprint density at radius 1 is 0.672 bits per heavy atom. The number of piperidine rings is 2. The van der Waals surface area contributed by atoms with E-state index in [1.165, 1.54) is 0 Å². The molecule has 0 bridgehead atoms. The summed E-state index contributed by atoms with van der Waals surface area (Å²) in [7, 11) is 0.580. The van der Waals surface area contributed by atoms with Crippen molar-refractivity contribution in [2.75, 3.05) is 63.3 Å². The number of benzene rings is 2. The van der Waals surface area contributed by atoms with Crippen molar-refractivity contribution in [2.45, 2.75) is 104 Å². The summed E-state index contributed by atoms with van der Waals surface area (Å²) >= 11 is 0. The van der Waals surface area contributed by atoms with Crippen LogP contribution in [0.15, 0.2) is 49.1 Å². The molecule has 0 spiro atoms. The van der Waals surface area contributed by atoms with Crippen LogP contribution in [0.1, 0.15) is 80.1 Å². The van der Waals surface area contributed by atoms with E-state index in [1.54, 1.807) is 26.9 Å². The summed E-state index contributed by atoms with van der Waals surface area (Å²) in [6, 6.07) is 10.2. The number of carbonyl (C=O) groups excluding carboxylic acids is 2. The molecule has 2 aromatic carbocycles. The minimum atomic E-state index is -2.68. The molecule has 6 N–H and O–H groups in total. The Bertz CT molecular complexity index is 2070. The number of amides is 2. The van der Waals surface area contributed by atoms with Gasteiger partial charge < -0.3 is 41.4 Å². The molecule has 4 aromatic rings. The van der Waals surface area contributed by atoms with Crippen LogP contribution in [0.5, 0.6) is 11.5 Å². The molecule has 0 radical (unpaired) electrons. The summed E-state index contributed by atoms with van der Waals surface area (Å²) in [6.45, 7) is 14.6. The normalized spacial score (nSPS) is 17.8. The lowest BCUT2D eigenvalue weighted by molar-refractivity contribution is -0.125. The van der Waals surface area contributed by atoms with Gasteiger partial charge in [-0.2, -0.15) is 0 Å². The molecule has 18 heteroatoms. The van der Waals surface area contributed by atoms with Crippen LogP contribution in [-0.4, -0.2) is 110 Å². The molecule has 348 valence electrons. The van der Waals surface area contributed by atoms with E-state index in [9.17, 15) is 14.2 Å². The number of nitrogens with two attached hydrogens (primary N) is 2. The highest BCUT2D eigenvalue weighted by molar-refractivity contribution is 7.33. The number of rotatable bonds is 18. The number of hydrogen-bond acceptors (Lipinski definition) is 15. The second-order valence-corrected chi connectivity index (χ2v) is 20.2. The lowest BCUT2D eigenvalue weighted by atomic mass is 9.87. The average Bonchev–Trinajstić information content (AvgIpc) is 3.28. The number of anilines is 2. The van der Waals surface area contributed by atoms with E-state index in [2.05, 4.69) is 40.4 Å². The molecule has 2 fully saturated rings. The number of methoxy groups -OCH3 is 2. The second-order valence-electron chi connectivity index (χ2n) is 19.3. The van der Waals surface area contributed by atoms with Crippen LogP contribution in [0.2, 0.25) is 0 Å². The summed E-state index contributed by atoms with van der Waals surface area (Å²) in [5.74, 6) is 2.87. The predicted octanol–water partition coefficient (Wildman–Crippen LogP) is 5.91. The van der Waals surface area contributed by atoms with Crippen molar-refractivity contribution in [3.8, 4) is 11.5 Å². The van der Waals surface area contributed by atoms with E-state index >= 15 is 0 Å². The fourth-order valence-corrected chi connectivity index (χ4v) is 9.32. The van der Waals surface area contributed by atoms with Crippen LogP contribution in [-0.2, 0) is 23.2 Å². The molecular weight excluding hydrogens is 836 g/mol. The van der Waals surface area contributed by atoms with Gasteiger partial charge in [-0.1, -0.05) is 53.7 Å². The van der Waals surface area contributed by atoms with E-state index in [-0.39, 0.29) is 36.7 Å². The number of fused-ring (bicyclic) bond motifs is 2. The number of carbonyl (C=O) groups is 2. The van der Waals surface area contributed by atoms with Gasteiger partial charge in [0.05, 0.1) is 26.3 Å². The molecule has 2 amide bonds. The van der Waals surface area contributed by atoms with Crippen molar-refractivity contribution < 1.29 is 32.7 Å². The lowest BCUT2D eigenvalue weighted by Crippen LogP contribution is -2.50. The predicted molar refractivity (Wildman–Crippen MR) is 250 cm³/mol. The van der Waals surface area contributed by atoms with Crippen LogP contribution >= 0.6 is 8.25 Å². The smallest absolute Gasteiger partial charge is 0.494 e. The maximum absolute atomic E-state index is 14.0. The van der Waals surface area contributed by atoms with E-state index in [0.29, 0.717) is 24.3 Å². The van der Waals surface area contributed by atoms with Gasteiger partial charge in [-0.3, -0.25) is 9.59 Å². The first-order valence-electron chi connectivity index (χ1n) is 22.4. The molecule has 64 heavy (non-hydrogen) atoms.